The summed E-state index contributed by atoms with van der Waals surface area (Å²) in [7, 11) is 0. The van der Waals surface area contributed by atoms with Crippen LogP contribution in [-0.2, 0) is 17.6 Å². The van der Waals surface area contributed by atoms with E-state index in [0.717, 1.165) is 51.3 Å². The third-order valence-corrected chi connectivity index (χ3v) is 7.84. The zero-order valence-electron chi connectivity index (χ0n) is 20.4. The van der Waals surface area contributed by atoms with E-state index >= 15 is 0 Å². The molecule has 3 rings (SSSR count). The number of rotatable bonds is 10. The van der Waals surface area contributed by atoms with Crippen LogP contribution >= 0.6 is 0 Å². The maximum Gasteiger partial charge on any atom is 0.128 e. The topological polar surface area (TPSA) is 51.4 Å². The van der Waals surface area contributed by atoms with Gasteiger partial charge in [-0.15, -0.1) is 0 Å². The molecule has 1 aromatic heterocycles. The predicted molar refractivity (Wildman–Crippen MR) is 128 cm³/mol. The molecule has 0 aliphatic heterocycles. The molecular weight excluding hydrogens is 370 g/mol. The van der Waals surface area contributed by atoms with Gasteiger partial charge in [0, 0.05) is 35.4 Å². The van der Waals surface area contributed by atoms with Crippen LogP contribution in [0.25, 0.3) is 0 Å². The molecule has 1 heterocycles. The minimum atomic E-state index is -0.0134. The van der Waals surface area contributed by atoms with Gasteiger partial charge in [0.1, 0.15) is 5.82 Å². The Bertz CT molecular complexity index is 725. The second-order valence-electron chi connectivity index (χ2n) is 10.7. The van der Waals surface area contributed by atoms with Crippen molar-refractivity contribution >= 4 is 11.5 Å². The van der Waals surface area contributed by atoms with E-state index in [4.69, 9.17) is 15.5 Å². The first-order chi connectivity index (χ1) is 14.2. The predicted octanol–water partition coefficient (Wildman–Crippen LogP) is 6.08. The van der Waals surface area contributed by atoms with Crippen molar-refractivity contribution in [3.05, 3.63) is 16.8 Å². The lowest BCUT2D eigenvalue weighted by atomic mass is 9.74. The number of aromatic nitrogens is 1. The molecular formula is C26H45N3O. The largest absolute Gasteiger partial charge is 0.383 e. The monoisotopic (exact) mass is 415 g/mol. The molecule has 1 saturated carbocycles. The molecule has 170 valence electrons. The number of hydrogen-bond acceptors (Lipinski definition) is 4. The summed E-state index contributed by atoms with van der Waals surface area (Å²) in [4.78, 5) is 7.38. The molecule has 4 nitrogen and oxygen atoms in total. The summed E-state index contributed by atoms with van der Waals surface area (Å²) in [6.45, 7) is 16.6. The molecule has 1 atom stereocenters. The van der Waals surface area contributed by atoms with Crippen molar-refractivity contribution in [1.82, 2.24) is 4.98 Å². The summed E-state index contributed by atoms with van der Waals surface area (Å²) < 4.78 is 6.61. The zero-order valence-corrected chi connectivity index (χ0v) is 20.4. The minimum absolute atomic E-state index is 0.0134. The molecule has 0 spiro atoms. The fourth-order valence-electron chi connectivity index (χ4n) is 5.11. The van der Waals surface area contributed by atoms with Gasteiger partial charge < -0.3 is 15.4 Å². The summed E-state index contributed by atoms with van der Waals surface area (Å²) in [6, 6.07) is 0. The van der Waals surface area contributed by atoms with Gasteiger partial charge in [0.2, 0.25) is 0 Å². The molecule has 0 saturated heterocycles. The van der Waals surface area contributed by atoms with Gasteiger partial charge in [-0.05, 0) is 83.6 Å². The van der Waals surface area contributed by atoms with Crippen LogP contribution in [0.4, 0.5) is 11.5 Å². The van der Waals surface area contributed by atoms with E-state index in [1.165, 1.54) is 54.6 Å². The number of ether oxygens (including phenoxy) is 1. The van der Waals surface area contributed by atoms with E-state index in [1.54, 1.807) is 0 Å². The highest BCUT2D eigenvalue weighted by Gasteiger charge is 2.37. The van der Waals surface area contributed by atoms with Crippen molar-refractivity contribution < 1.29 is 4.74 Å². The Balaban J connectivity index is 1.84. The number of aryl methyl sites for hydroxylation is 1. The highest BCUT2D eigenvalue weighted by molar-refractivity contribution is 5.67. The van der Waals surface area contributed by atoms with Crippen molar-refractivity contribution in [3.63, 3.8) is 0 Å². The minimum Gasteiger partial charge on any atom is -0.383 e. The Labute approximate surface area is 185 Å². The zero-order chi connectivity index (χ0) is 21.9. The smallest absolute Gasteiger partial charge is 0.128 e. The quantitative estimate of drug-likeness (QED) is 0.503. The van der Waals surface area contributed by atoms with Crippen LogP contribution < -0.4 is 10.6 Å². The van der Waals surface area contributed by atoms with Gasteiger partial charge in [-0.2, -0.15) is 0 Å². The van der Waals surface area contributed by atoms with Crippen LogP contribution in [0.2, 0.25) is 0 Å². The third kappa shape index (κ3) is 4.95. The lowest BCUT2D eigenvalue weighted by Crippen LogP contribution is -2.45. The molecule has 1 fully saturated rings. The molecule has 0 amide bonds. The SMILES string of the molecule is CCCN(CC(C)(CC)COC(C)(C)C1CCC1)c1c(C)c(N)nc2c1CCCC2. The van der Waals surface area contributed by atoms with Gasteiger partial charge in [0.15, 0.2) is 0 Å². The summed E-state index contributed by atoms with van der Waals surface area (Å²) >= 11 is 0. The van der Waals surface area contributed by atoms with Crippen LogP contribution in [0, 0.1) is 18.3 Å². The van der Waals surface area contributed by atoms with Crippen molar-refractivity contribution in [2.75, 3.05) is 30.3 Å². The molecule has 0 aromatic carbocycles. The van der Waals surface area contributed by atoms with E-state index in [-0.39, 0.29) is 11.0 Å². The second-order valence-corrected chi connectivity index (χ2v) is 10.7. The summed E-state index contributed by atoms with van der Waals surface area (Å²) in [5.41, 5.74) is 11.7. The molecule has 2 aliphatic carbocycles. The highest BCUT2D eigenvalue weighted by atomic mass is 16.5. The van der Waals surface area contributed by atoms with E-state index in [1.807, 2.05) is 0 Å². The van der Waals surface area contributed by atoms with Crippen molar-refractivity contribution in [2.45, 2.75) is 105 Å². The van der Waals surface area contributed by atoms with Gasteiger partial charge >= 0.3 is 0 Å². The second kappa shape index (κ2) is 9.46. The van der Waals surface area contributed by atoms with Crippen LogP contribution in [-0.4, -0.2) is 30.3 Å². The standard InChI is InChI=1S/C26H45N3O/c1-7-16-29(23-19(3)24(27)28-22-15-10-9-14-21(22)23)17-26(6,8-2)18-30-25(4,5)20-12-11-13-20/h20H,7-18H2,1-6H3,(H2,27,28). The Hall–Kier alpha value is -1.29. The van der Waals surface area contributed by atoms with E-state index in [9.17, 15) is 0 Å². The first-order valence-corrected chi connectivity index (χ1v) is 12.4. The average Bonchev–Trinajstić information content (AvgIpc) is 2.66. The molecule has 1 aromatic rings. The highest BCUT2D eigenvalue weighted by Crippen LogP contribution is 2.41. The number of nitrogen functional groups attached to an aromatic ring is 1. The fraction of sp³-hybridized carbons (Fsp3) is 0.808. The van der Waals surface area contributed by atoms with Gasteiger partial charge in [-0.1, -0.05) is 27.2 Å². The number of pyridine rings is 1. The van der Waals surface area contributed by atoms with Gasteiger partial charge in [0.05, 0.1) is 12.2 Å². The summed E-state index contributed by atoms with van der Waals surface area (Å²) in [6.07, 6.45) is 10.9. The number of nitrogens with two attached hydrogens (primary N) is 1. The Morgan fingerprint density at radius 2 is 1.80 bits per heavy atom. The van der Waals surface area contributed by atoms with E-state index < -0.39 is 0 Å². The Morgan fingerprint density at radius 1 is 1.10 bits per heavy atom. The first-order valence-electron chi connectivity index (χ1n) is 12.4. The number of hydrogen-bond donors (Lipinski definition) is 1. The Morgan fingerprint density at radius 3 is 2.40 bits per heavy atom. The molecule has 30 heavy (non-hydrogen) atoms. The lowest BCUT2D eigenvalue weighted by molar-refractivity contribution is -0.109. The fourth-order valence-corrected chi connectivity index (χ4v) is 5.11. The van der Waals surface area contributed by atoms with Crippen molar-refractivity contribution in [2.24, 2.45) is 11.3 Å². The lowest BCUT2D eigenvalue weighted by Gasteiger charge is -2.44. The van der Waals surface area contributed by atoms with Crippen LogP contribution in [0.15, 0.2) is 0 Å². The molecule has 1 unspecified atom stereocenters. The summed E-state index contributed by atoms with van der Waals surface area (Å²) in [5.74, 6) is 1.44. The molecule has 0 bridgehead atoms. The Kier molecular flexibility index (Phi) is 7.37. The molecule has 2 aliphatic rings. The first kappa shape index (κ1) is 23.4. The average molecular weight is 416 g/mol. The van der Waals surface area contributed by atoms with Gasteiger partial charge in [0.25, 0.3) is 0 Å². The van der Waals surface area contributed by atoms with Crippen molar-refractivity contribution in [1.29, 1.82) is 0 Å². The van der Waals surface area contributed by atoms with E-state index in [2.05, 4.69) is 46.4 Å². The maximum absolute atomic E-state index is 6.61. The number of fused-ring (bicyclic) bond motifs is 1. The van der Waals surface area contributed by atoms with Crippen LogP contribution in [0.5, 0.6) is 0 Å². The normalized spacial score (nSPS) is 19.1. The number of anilines is 2. The van der Waals surface area contributed by atoms with Crippen LogP contribution in [0.3, 0.4) is 0 Å². The third-order valence-electron chi connectivity index (χ3n) is 7.84. The maximum atomic E-state index is 6.61. The summed E-state index contributed by atoms with van der Waals surface area (Å²) in [5, 5.41) is 0. The molecule has 0 radical (unpaired) electrons. The number of nitrogens with zero attached hydrogens (tertiary/aromatic N) is 2. The molecule has 2 N–H and O–H groups in total. The van der Waals surface area contributed by atoms with E-state index in [0.29, 0.717) is 5.82 Å². The molecule has 4 heteroatoms. The van der Waals surface area contributed by atoms with Gasteiger partial charge in [-0.3, -0.25) is 0 Å². The van der Waals surface area contributed by atoms with Gasteiger partial charge in [-0.25, -0.2) is 4.98 Å². The van der Waals surface area contributed by atoms with Crippen LogP contribution in [0.1, 0.15) is 96.4 Å². The van der Waals surface area contributed by atoms with Crippen molar-refractivity contribution in [3.8, 4) is 0 Å².